The minimum atomic E-state index is 0.301. The van der Waals surface area contributed by atoms with Gasteiger partial charge in [-0.25, -0.2) is 0 Å². The highest BCUT2D eigenvalue weighted by Gasteiger charge is 2.23. The van der Waals surface area contributed by atoms with Gasteiger partial charge in [-0.05, 0) is 49.8 Å². The first-order chi connectivity index (χ1) is 7.61. The fourth-order valence-corrected chi connectivity index (χ4v) is 2.78. The first-order valence-corrected chi connectivity index (χ1v) is 6.13. The number of phenols is 2. The Hall–Kier alpha value is -1.18. The zero-order valence-corrected chi connectivity index (χ0v) is 10.1. The van der Waals surface area contributed by atoms with Gasteiger partial charge in [-0.1, -0.05) is 19.3 Å². The Morgan fingerprint density at radius 1 is 0.938 bits per heavy atom. The highest BCUT2D eigenvalue weighted by atomic mass is 16.3. The molecule has 1 aliphatic carbocycles. The Morgan fingerprint density at radius 3 is 1.94 bits per heavy atom. The molecule has 1 aromatic carbocycles. The van der Waals surface area contributed by atoms with Gasteiger partial charge in [0.25, 0.3) is 0 Å². The van der Waals surface area contributed by atoms with Gasteiger partial charge in [0.1, 0.15) is 11.5 Å². The number of hydrogen-bond acceptors (Lipinski definition) is 2. The van der Waals surface area contributed by atoms with Crippen LogP contribution in [0.2, 0.25) is 0 Å². The maximum atomic E-state index is 10.1. The van der Waals surface area contributed by atoms with Crippen LogP contribution in [0.5, 0.6) is 11.5 Å². The molecule has 1 fully saturated rings. The molecule has 0 spiro atoms. The molecule has 0 unspecified atom stereocenters. The molecule has 1 aromatic rings. The molecule has 0 aromatic heterocycles. The molecule has 1 saturated carbocycles. The van der Waals surface area contributed by atoms with Crippen LogP contribution in [-0.2, 0) is 0 Å². The van der Waals surface area contributed by atoms with Crippen LogP contribution in [0.1, 0.15) is 54.7 Å². The predicted octanol–water partition coefficient (Wildman–Crippen LogP) is 3.76. The summed E-state index contributed by atoms with van der Waals surface area (Å²) in [5.41, 5.74) is 2.53. The number of phenolic OH excluding ortho intramolecular Hbond substituents is 2. The zero-order valence-electron chi connectivity index (χ0n) is 10.1. The number of aryl methyl sites for hydroxylation is 2. The normalized spacial score (nSPS) is 17.6. The van der Waals surface area contributed by atoms with Crippen LogP contribution in [0.4, 0.5) is 0 Å². The Morgan fingerprint density at radius 2 is 1.44 bits per heavy atom. The fraction of sp³-hybridized carbons (Fsp3) is 0.571. The lowest BCUT2D eigenvalue weighted by molar-refractivity contribution is 0.386. The molecule has 0 saturated heterocycles. The molecule has 2 rings (SSSR count). The molecule has 0 heterocycles. The number of aromatic hydroxyl groups is 2. The van der Waals surface area contributed by atoms with Crippen LogP contribution in [0, 0.1) is 13.8 Å². The van der Waals surface area contributed by atoms with Crippen molar-refractivity contribution in [3.05, 3.63) is 22.8 Å². The highest BCUT2D eigenvalue weighted by Crippen LogP contribution is 2.44. The summed E-state index contributed by atoms with van der Waals surface area (Å²) in [5, 5.41) is 20.2. The number of rotatable bonds is 1. The maximum Gasteiger partial charge on any atom is 0.125 e. The Bertz CT molecular complexity index is 364. The second-order valence-corrected chi connectivity index (χ2v) is 4.96. The first-order valence-electron chi connectivity index (χ1n) is 6.13. The van der Waals surface area contributed by atoms with E-state index in [1.807, 2.05) is 19.9 Å². The van der Waals surface area contributed by atoms with Gasteiger partial charge in [0.2, 0.25) is 0 Å². The topological polar surface area (TPSA) is 40.5 Å². The molecule has 88 valence electrons. The summed E-state index contributed by atoms with van der Waals surface area (Å²) < 4.78 is 0. The van der Waals surface area contributed by atoms with Gasteiger partial charge < -0.3 is 10.2 Å². The summed E-state index contributed by atoms with van der Waals surface area (Å²) in [6.07, 6.45) is 5.87. The van der Waals surface area contributed by atoms with Crippen LogP contribution in [0.25, 0.3) is 0 Å². The van der Waals surface area contributed by atoms with E-state index in [9.17, 15) is 10.2 Å². The SMILES string of the molecule is Cc1cc(C)c(O)c(C2CCCCC2)c1O. The second-order valence-electron chi connectivity index (χ2n) is 4.96. The van der Waals surface area contributed by atoms with Crippen molar-refractivity contribution in [3.63, 3.8) is 0 Å². The smallest absolute Gasteiger partial charge is 0.125 e. The van der Waals surface area contributed by atoms with Crippen LogP contribution >= 0.6 is 0 Å². The Kier molecular flexibility index (Phi) is 3.08. The minimum absolute atomic E-state index is 0.301. The predicted molar refractivity (Wildman–Crippen MR) is 65.1 cm³/mol. The van der Waals surface area contributed by atoms with Crippen molar-refractivity contribution in [3.8, 4) is 11.5 Å². The van der Waals surface area contributed by atoms with Gasteiger partial charge in [-0.15, -0.1) is 0 Å². The lowest BCUT2D eigenvalue weighted by atomic mass is 9.82. The summed E-state index contributed by atoms with van der Waals surface area (Å²) in [4.78, 5) is 0. The minimum Gasteiger partial charge on any atom is -0.507 e. The van der Waals surface area contributed by atoms with Crippen LogP contribution in [-0.4, -0.2) is 10.2 Å². The molecule has 16 heavy (non-hydrogen) atoms. The van der Waals surface area contributed by atoms with Gasteiger partial charge in [-0.3, -0.25) is 0 Å². The Labute approximate surface area is 96.9 Å². The van der Waals surface area contributed by atoms with E-state index < -0.39 is 0 Å². The molecule has 0 atom stereocenters. The largest absolute Gasteiger partial charge is 0.507 e. The highest BCUT2D eigenvalue weighted by molar-refractivity contribution is 5.54. The summed E-state index contributed by atoms with van der Waals surface area (Å²) in [7, 11) is 0. The lowest BCUT2D eigenvalue weighted by Gasteiger charge is -2.25. The lowest BCUT2D eigenvalue weighted by Crippen LogP contribution is -2.06. The molecule has 1 aliphatic rings. The molecular formula is C14H20O2. The van der Waals surface area contributed by atoms with Gasteiger partial charge in [0, 0.05) is 5.56 Å². The standard InChI is InChI=1S/C14H20O2/c1-9-8-10(2)14(16)12(13(9)15)11-6-4-3-5-7-11/h8,11,15-16H,3-7H2,1-2H3. The molecule has 0 bridgehead atoms. The quantitative estimate of drug-likeness (QED) is 0.756. The average Bonchev–Trinajstić information content (AvgIpc) is 2.28. The van der Waals surface area contributed by atoms with E-state index in [-0.39, 0.29) is 0 Å². The van der Waals surface area contributed by atoms with E-state index in [1.54, 1.807) is 0 Å². The summed E-state index contributed by atoms with van der Waals surface area (Å²) >= 11 is 0. The van der Waals surface area contributed by atoms with Crippen LogP contribution in [0.15, 0.2) is 6.07 Å². The van der Waals surface area contributed by atoms with Crippen molar-refractivity contribution in [1.82, 2.24) is 0 Å². The van der Waals surface area contributed by atoms with Crippen molar-refractivity contribution < 1.29 is 10.2 Å². The van der Waals surface area contributed by atoms with Crippen molar-refractivity contribution >= 4 is 0 Å². The number of hydrogen-bond donors (Lipinski definition) is 2. The Balaban J connectivity index is 2.45. The summed E-state index contributed by atoms with van der Waals surface area (Å²) in [6, 6.07) is 1.84. The molecule has 0 amide bonds. The van der Waals surface area contributed by atoms with Crippen molar-refractivity contribution in [2.45, 2.75) is 51.9 Å². The third-order valence-electron chi connectivity index (χ3n) is 3.70. The van der Waals surface area contributed by atoms with Crippen LogP contribution < -0.4 is 0 Å². The molecule has 0 aliphatic heterocycles. The van der Waals surface area contributed by atoms with Crippen molar-refractivity contribution in [2.24, 2.45) is 0 Å². The summed E-state index contributed by atoms with van der Waals surface area (Å²) in [5.74, 6) is 0.942. The van der Waals surface area contributed by atoms with Gasteiger partial charge in [-0.2, -0.15) is 0 Å². The van der Waals surface area contributed by atoms with E-state index in [0.29, 0.717) is 17.4 Å². The van der Waals surface area contributed by atoms with E-state index >= 15 is 0 Å². The molecular weight excluding hydrogens is 200 g/mol. The molecule has 2 nitrogen and oxygen atoms in total. The van der Waals surface area contributed by atoms with E-state index in [1.165, 1.54) is 19.3 Å². The first kappa shape index (κ1) is 11.3. The van der Waals surface area contributed by atoms with E-state index in [0.717, 1.165) is 29.5 Å². The summed E-state index contributed by atoms with van der Waals surface area (Å²) in [6.45, 7) is 3.79. The van der Waals surface area contributed by atoms with Gasteiger partial charge >= 0.3 is 0 Å². The van der Waals surface area contributed by atoms with E-state index in [4.69, 9.17) is 0 Å². The monoisotopic (exact) mass is 220 g/mol. The van der Waals surface area contributed by atoms with Gasteiger partial charge in [0.15, 0.2) is 0 Å². The fourth-order valence-electron chi connectivity index (χ4n) is 2.78. The van der Waals surface area contributed by atoms with Crippen molar-refractivity contribution in [2.75, 3.05) is 0 Å². The molecule has 2 heteroatoms. The third kappa shape index (κ3) is 1.89. The van der Waals surface area contributed by atoms with Gasteiger partial charge in [0.05, 0.1) is 0 Å². The second kappa shape index (κ2) is 4.36. The molecule has 2 N–H and O–H groups in total. The average molecular weight is 220 g/mol. The zero-order chi connectivity index (χ0) is 11.7. The third-order valence-corrected chi connectivity index (χ3v) is 3.70. The van der Waals surface area contributed by atoms with Crippen molar-refractivity contribution in [1.29, 1.82) is 0 Å². The maximum absolute atomic E-state index is 10.1. The number of benzene rings is 1. The van der Waals surface area contributed by atoms with E-state index in [2.05, 4.69) is 0 Å². The van der Waals surface area contributed by atoms with Crippen LogP contribution in [0.3, 0.4) is 0 Å². The molecule has 0 radical (unpaired) electrons.